The van der Waals surface area contributed by atoms with Crippen molar-refractivity contribution in [2.75, 3.05) is 24.2 Å². The lowest BCUT2D eigenvalue weighted by atomic mass is 10.1. The lowest BCUT2D eigenvalue weighted by Gasteiger charge is -2.18. The Kier molecular flexibility index (Phi) is 8.16. The third kappa shape index (κ3) is 6.28. The third-order valence-corrected chi connectivity index (χ3v) is 5.00. The molecule has 4 N–H and O–H groups in total. The SMILES string of the molecule is Cc1nn(C)c(OCC[C@H](C)Nc2cc(Cl)ncc2C(=O)NCC(F)F)c1-c1nccc(N)n1. The van der Waals surface area contributed by atoms with Crippen LogP contribution in [0.2, 0.25) is 5.15 Å². The number of carbonyl (C=O) groups is 1. The summed E-state index contributed by atoms with van der Waals surface area (Å²) in [5.74, 6) is 0.570. The standard InChI is InChI=1S/C21H25ClF2N8O2/c1-11(29-14-8-15(22)27-9-13(14)20(33)28-10-16(23)24)5-7-34-21-18(12(2)31-32(21)3)19-26-6-4-17(25)30-19/h4,6,8-9,11,16H,5,7,10H2,1-3H3,(H,27,29)(H,28,33)(H2,25,26,30)/t11-/m0/s1. The molecule has 13 heteroatoms. The number of anilines is 2. The number of alkyl halides is 2. The van der Waals surface area contributed by atoms with Crippen LogP contribution in [0.25, 0.3) is 11.4 Å². The summed E-state index contributed by atoms with van der Waals surface area (Å²) in [5.41, 5.74) is 7.62. The number of hydrogen-bond acceptors (Lipinski definition) is 8. The average molecular weight is 495 g/mol. The topological polar surface area (TPSA) is 133 Å². The van der Waals surface area contributed by atoms with Crippen LogP contribution >= 0.6 is 11.6 Å². The number of aromatic nitrogens is 5. The molecule has 1 amide bonds. The van der Waals surface area contributed by atoms with Crippen molar-refractivity contribution in [2.45, 2.75) is 32.7 Å². The number of carbonyl (C=O) groups excluding carboxylic acids is 1. The van der Waals surface area contributed by atoms with Crippen LogP contribution in [0, 0.1) is 6.92 Å². The molecule has 0 bridgehead atoms. The van der Waals surface area contributed by atoms with Crippen molar-refractivity contribution < 1.29 is 18.3 Å². The van der Waals surface area contributed by atoms with E-state index in [1.54, 1.807) is 24.0 Å². The van der Waals surface area contributed by atoms with Gasteiger partial charge in [-0.1, -0.05) is 11.6 Å². The monoisotopic (exact) mass is 494 g/mol. The molecule has 10 nitrogen and oxygen atoms in total. The summed E-state index contributed by atoms with van der Waals surface area (Å²) in [4.78, 5) is 24.7. The molecule has 0 unspecified atom stereocenters. The molecule has 0 aliphatic heterocycles. The lowest BCUT2D eigenvalue weighted by Crippen LogP contribution is -2.30. The third-order valence-electron chi connectivity index (χ3n) is 4.79. The second-order valence-electron chi connectivity index (χ2n) is 7.53. The first-order valence-corrected chi connectivity index (χ1v) is 10.8. The predicted molar refractivity (Wildman–Crippen MR) is 124 cm³/mol. The molecule has 3 aromatic rings. The number of rotatable bonds is 10. The highest BCUT2D eigenvalue weighted by atomic mass is 35.5. The van der Waals surface area contributed by atoms with Gasteiger partial charge in [0.05, 0.1) is 30.1 Å². The quantitative estimate of drug-likeness (QED) is 0.366. The Balaban J connectivity index is 1.67. The highest BCUT2D eigenvalue weighted by Gasteiger charge is 2.20. The number of ether oxygens (including phenoxy) is 1. The number of nitrogens with two attached hydrogens (primary N) is 1. The fourth-order valence-electron chi connectivity index (χ4n) is 3.22. The average Bonchev–Trinajstić information content (AvgIpc) is 3.05. The van der Waals surface area contributed by atoms with Gasteiger partial charge in [0.25, 0.3) is 12.3 Å². The van der Waals surface area contributed by atoms with Crippen molar-refractivity contribution in [2.24, 2.45) is 7.05 Å². The van der Waals surface area contributed by atoms with E-state index in [1.165, 1.54) is 12.3 Å². The number of nitrogens with one attached hydrogen (secondary N) is 2. The van der Waals surface area contributed by atoms with Crippen LogP contribution < -0.4 is 21.1 Å². The van der Waals surface area contributed by atoms with Gasteiger partial charge in [-0.15, -0.1) is 0 Å². The molecule has 0 aromatic carbocycles. The molecule has 3 heterocycles. The Morgan fingerprint density at radius 2 is 2.12 bits per heavy atom. The first kappa shape index (κ1) is 25.1. The van der Waals surface area contributed by atoms with E-state index in [0.29, 0.717) is 47.5 Å². The van der Waals surface area contributed by atoms with Crippen molar-refractivity contribution in [3.8, 4) is 17.3 Å². The van der Waals surface area contributed by atoms with E-state index in [4.69, 9.17) is 22.1 Å². The summed E-state index contributed by atoms with van der Waals surface area (Å²) in [6.07, 6.45) is 0.675. The molecule has 0 aliphatic rings. The molecule has 1 atom stereocenters. The number of aryl methyl sites for hydroxylation is 2. The Labute approximate surface area is 199 Å². The molecule has 182 valence electrons. The van der Waals surface area contributed by atoms with E-state index >= 15 is 0 Å². The van der Waals surface area contributed by atoms with Crippen molar-refractivity contribution in [1.82, 2.24) is 30.0 Å². The Morgan fingerprint density at radius 3 is 2.82 bits per heavy atom. The number of hydrogen-bond donors (Lipinski definition) is 3. The van der Waals surface area contributed by atoms with E-state index in [9.17, 15) is 13.6 Å². The van der Waals surface area contributed by atoms with Gasteiger partial charge in [0.2, 0.25) is 5.88 Å². The lowest BCUT2D eigenvalue weighted by molar-refractivity contribution is 0.0892. The zero-order valence-electron chi connectivity index (χ0n) is 18.8. The number of halogens is 3. The van der Waals surface area contributed by atoms with Crippen LogP contribution in [-0.2, 0) is 7.05 Å². The highest BCUT2D eigenvalue weighted by Crippen LogP contribution is 2.31. The molecular formula is C21H25ClF2N8O2. The van der Waals surface area contributed by atoms with Crippen molar-refractivity contribution in [3.05, 3.63) is 40.9 Å². The van der Waals surface area contributed by atoms with Gasteiger partial charge in [-0.2, -0.15) is 5.10 Å². The minimum absolute atomic E-state index is 0.112. The van der Waals surface area contributed by atoms with Crippen LogP contribution in [0.15, 0.2) is 24.5 Å². The zero-order chi connectivity index (χ0) is 24.8. The second kappa shape index (κ2) is 11.1. The van der Waals surface area contributed by atoms with Crippen LogP contribution in [0.3, 0.4) is 0 Å². The van der Waals surface area contributed by atoms with Gasteiger partial charge in [0, 0.05) is 31.9 Å². The summed E-state index contributed by atoms with van der Waals surface area (Å²) in [6, 6.07) is 2.90. The van der Waals surface area contributed by atoms with E-state index in [2.05, 4.69) is 30.7 Å². The molecule has 0 aliphatic carbocycles. The molecule has 0 radical (unpaired) electrons. The molecule has 0 saturated carbocycles. The summed E-state index contributed by atoms with van der Waals surface area (Å²) in [7, 11) is 1.75. The molecule has 3 aromatic heterocycles. The van der Waals surface area contributed by atoms with Crippen LogP contribution in [0.4, 0.5) is 20.3 Å². The predicted octanol–water partition coefficient (Wildman–Crippen LogP) is 3.08. The number of nitrogen functional groups attached to an aromatic ring is 1. The smallest absolute Gasteiger partial charge is 0.255 e. The van der Waals surface area contributed by atoms with Gasteiger partial charge < -0.3 is 21.1 Å². The summed E-state index contributed by atoms with van der Waals surface area (Å²) >= 11 is 5.97. The number of amides is 1. The van der Waals surface area contributed by atoms with E-state index in [1.807, 2.05) is 13.8 Å². The molecular weight excluding hydrogens is 470 g/mol. The van der Waals surface area contributed by atoms with E-state index < -0.39 is 18.9 Å². The minimum Gasteiger partial charge on any atom is -0.477 e. The highest BCUT2D eigenvalue weighted by molar-refractivity contribution is 6.29. The first-order valence-electron chi connectivity index (χ1n) is 10.4. The van der Waals surface area contributed by atoms with Crippen LogP contribution in [-0.4, -0.2) is 56.3 Å². The van der Waals surface area contributed by atoms with E-state index in [0.717, 1.165) is 0 Å². The maximum Gasteiger partial charge on any atom is 0.255 e. The van der Waals surface area contributed by atoms with Crippen LogP contribution in [0.5, 0.6) is 5.88 Å². The van der Waals surface area contributed by atoms with Crippen molar-refractivity contribution in [3.63, 3.8) is 0 Å². The van der Waals surface area contributed by atoms with Gasteiger partial charge in [0.15, 0.2) is 5.82 Å². The Hall–Kier alpha value is -3.54. The summed E-state index contributed by atoms with van der Waals surface area (Å²) < 4.78 is 32.5. The van der Waals surface area contributed by atoms with Gasteiger partial charge >= 0.3 is 0 Å². The van der Waals surface area contributed by atoms with E-state index in [-0.39, 0.29) is 16.8 Å². The van der Waals surface area contributed by atoms with Gasteiger partial charge in [0.1, 0.15) is 16.5 Å². The normalized spacial score (nSPS) is 12.0. The molecule has 34 heavy (non-hydrogen) atoms. The second-order valence-corrected chi connectivity index (χ2v) is 7.92. The van der Waals surface area contributed by atoms with Gasteiger partial charge in [-0.05, 0) is 26.0 Å². The van der Waals surface area contributed by atoms with Gasteiger partial charge in [-0.3, -0.25) is 4.79 Å². The largest absolute Gasteiger partial charge is 0.477 e. The molecule has 0 saturated heterocycles. The summed E-state index contributed by atoms with van der Waals surface area (Å²) in [6.45, 7) is 3.25. The van der Waals surface area contributed by atoms with Crippen molar-refractivity contribution >= 4 is 29.0 Å². The maximum absolute atomic E-state index is 12.5. The van der Waals surface area contributed by atoms with Gasteiger partial charge in [-0.25, -0.2) is 28.4 Å². The number of nitrogens with zero attached hydrogens (tertiary/aromatic N) is 5. The minimum atomic E-state index is -2.66. The Bertz CT molecular complexity index is 1160. The zero-order valence-corrected chi connectivity index (χ0v) is 19.6. The van der Waals surface area contributed by atoms with Crippen molar-refractivity contribution in [1.29, 1.82) is 0 Å². The molecule has 3 rings (SSSR count). The maximum atomic E-state index is 12.5. The molecule has 0 spiro atoms. The Morgan fingerprint density at radius 1 is 1.35 bits per heavy atom. The first-order chi connectivity index (χ1) is 16.2. The molecule has 0 fully saturated rings. The number of pyridine rings is 1. The fraction of sp³-hybridized carbons (Fsp3) is 0.381. The summed E-state index contributed by atoms with van der Waals surface area (Å²) in [5, 5.41) is 9.88. The van der Waals surface area contributed by atoms with Crippen LogP contribution in [0.1, 0.15) is 29.4 Å². The fourth-order valence-corrected chi connectivity index (χ4v) is 3.38.